The molecule has 0 aromatic heterocycles. The number of rotatable bonds is 29. The SMILES string of the molecule is CC/C=C\C/C=C\C/C=C\C/C=C\C/C=C\C/C=C\CCCC(=O)OCCCC/C=C\C/C=C\C/C=C\C/C=C\C/C=C\CC. The number of esters is 1. The summed E-state index contributed by atoms with van der Waals surface area (Å²) in [6.45, 7) is 4.85. The molecule has 0 spiro atoms. The van der Waals surface area contributed by atoms with Gasteiger partial charge < -0.3 is 4.74 Å². The summed E-state index contributed by atoms with van der Waals surface area (Å²) in [4.78, 5) is 11.9. The summed E-state index contributed by atoms with van der Waals surface area (Å²) >= 11 is 0. The van der Waals surface area contributed by atoms with E-state index in [1.54, 1.807) is 0 Å². The van der Waals surface area contributed by atoms with E-state index in [1.807, 2.05) is 0 Å². The summed E-state index contributed by atoms with van der Waals surface area (Å²) in [6, 6.07) is 0. The van der Waals surface area contributed by atoms with Crippen LogP contribution < -0.4 is 0 Å². The smallest absolute Gasteiger partial charge is 0.305 e. The van der Waals surface area contributed by atoms with Crippen molar-refractivity contribution in [2.24, 2.45) is 0 Å². The van der Waals surface area contributed by atoms with Gasteiger partial charge in [-0.1, -0.05) is 148 Å². The van der Waals surface area contributed by atoms with Crippen molar-refractivity contribution in [3.05, 3.63) is 134 Å². The summed E-state index contributed by atoms with van der Waals surface area (Å²) in [5, 5.41) is 0. The Kier molecular flexibility index (Phi) is 35.7. The Morgan fingerprint density at radius 2 is 0.667 bits per heavy atom. The highest BCUT2D eigenvalue weighted by molar-refractivity contribution is 5.69. The lowest BCUT2D eigenvalue weighted by Crippen LogP contribution is -2.05. The highest BCUT2D eigenvalue weighted by atomic mass is 16.5. The first kappa shape index (κ1) is 41.6. The lowest BCUT2D eigenvalue weighted by molar-refractivity contribution is -0.143. The zero-order valence-corrected chi connectivity index (χ0v) is 28.7. The molecule has 0 aromatic rings. The zero-order valence-electron chi connectivity index (χ0n) is 28.7. The summed E-state index contributed by atoms with van der Waals surface area (Å²) in [6.07, 6.45) is 65.1. The monoisotopic (exact) mass is 612 g/mol. The number of ether oxygens (including phenoxy) is 1. The summed E-state index contributed by atoms with van der Waals surface area (Å²) in [5.41, 5.74) is 0. The number of carbonyl (C=O) groups is 1. The molecule has 0 rings (SSSR count). The first-order valence-corrected chi connectivity index (χ1v) is 17.6. The molecule has 2 nitrogen and oxygen atoms in total. The predicted octanol–water partition coefficient (Wildman–Crippen LogP) is 13.3. The average molecular weight is 613 g/mol. The van der Waals surface area contributed by atoms with Crippen molar-refractivity contribution >= 4 is 5.97 Å². The minimum Gasteiger partial charge on any atom is -0.466 e. The first-order chi connectivity index (χ1) is 22.3. The molecule has 45 heavy (non-hydrogen) atoms. The lowest BCUT2D eigenvalue weighted by atomic mass is 10.2. The number of carbonyl (C=O) groups excluding carboxylic acids is 1. The van der Waals surface area contributed by atoms with Gasteiger partial charge in [0.05, 0.1) is 6.61 Å². The minimum atomic E-state index is -0.0730. The summed E-state index contributed by atoms with van der Waals surface area (Å²) < 4.78 is 5.37. The maximum Gasteiger partial charge on any atom is 0.305 e. The van der Waals surface area contributed by atoms with Crippen LogP contribution in [0.1, 0.15) is 123 Å². The van der Waals surface area contributed by atoms with Crippen molar-refractivity contribution in [2.75, 3.05) is 6.61 Å². The predicted molar refractivity (Wildman–Crippen MR) is 201 cm³/mol. The molecular formula is C43H64O2. The van der Waals surface area contributed by atoms with Gasteiger partial charge in [0.2, 0.25) is 0 Å². The van der Waals surface area contributed by atoms with Gasteiger partial charge in [0, 0.05) is 6.42 Å². The number of hydrogen-bond acceptors (Lipinski definition) is 2. The van der Waals surface area contributed by atoms with E-state index in [0.717, 1.165) is 103 Å². The number of allylic oxidation sites excluding steroid dienone is 22. The molecule has 0 aliphatic heterocycles. The van der Waals surface area contributed by atoms with Gasteiger partial charge in [-0.3, -0.25) is 4.79 Å². The third kappa shape index (κ3) is 38.6. The fourth-order valence-electron chi connectivity index (χ4n) is 3.99. The Bertz CT molecular complexity index is 975. The maximum atomic E-state index is 11.9. The molecule has 0 N–H and O–H groups in total. The van der Waals surface area contributed by atoms with E-state index in [4.69, 9.17) is 4.74 Å². The van der Waals surface area contributed by atoms with Crippen LogP contribution in [0.25, 0.3) is 0 Å². The van der Waals surface area contributed by atoms with Gasteiger partial charge >= 0.3 is 5.97 Å². The quantitative estimate of drug-likeness (QED) is 0.0477. The van der Waals surface area contributed by atoms with Crippen LogP contribution in [0, 0.1) is 0 Å². The van der Waals surface area contributed by atoms with Gasteiger partial charge in [-0.2, -0.15) is 0 Å². The summed E-state index contributed by atoms with van der Waals surface area (Å²) in [7, 11) is 0. The summed E-state index contributed by atoms with van der Waals surface area (Å²) in [5.74, 6) is -0.0730. The van der Waals surface area contributed by atoms with Crippen LogP contribution in [-0.2, 0) is 9.53 Å². The normalized spacial score (nSPS) is 13.4. The fourth-order valence-corrected chi connectivity index (χ4v) is 3.99. The van der Waals surface area contributed by atoms with Crippen molar-refractivity contribution in [1.29, 1.82) is 0 Å². The van der Waals surface area contributed by atoms with Gasteiger partial charge in [0.1, 0.15) is 0 Å². The van der Waals surface area contributed by atoms with E-state index in [1.165, 1.54) is 0 Å². The van der Waals surface area contributed by atoms with Crippen LogP contribution in [0.5, 0.6) is 0 Å². The van der Waals surface area contributed by atoms with Crippen molar-refractivity contribution in [2.45, 2.75) is 123 Å². The van der Waals surface area contributed by atoms with Crippen LogP contribution >= 0.6 is 0 Å². The van der Waals surface area contributed by atoms with Crippen LogP contribution in [0.2, 0.25) is 0 Å². The van der Waals surface area contributed by atoms with Gasteiger partial charge in [-0.05, 0) is 103 Å². The van der Waals surface area contributed by atoms with E-state index in [2.05, 4.69) is 148 Å². The molecular weight excluding hydrogens is 548 g/mol. The molecule has 0 aliphatic carbocycles. The van der Waals surface area contributed by atoms with Crippen LogP contribution in [0.4, 0.5) is 0 Å². The van der Waals surface area contributed by atoms with Crippen molar-refractivity contribution in [1.82, 2.24) is 0 Å². The van der Waals surface area contributed by atoms with Crippen molar-refractivity contribution in [3.8, 4) is 0 Å². The van der Waals surface area contributed by atoms with Gasteiger partial charge in [-0.15, -0.1) is 0 Å². The first-order valence-electron chi connectivity index (χ1n) is 17.6. The standard InChI is InChI=1S/C43H64O2/c1-3-5-7-9-11-13-15-17-19-21-23-24-25-27-29-31-33-35-37-39-41-43(44)45-42-40-38-36-34-32-30-28-26-22-20-18-16-14-12-10-8-6-4-2/h5-8,11-14,17-20,23-24,26-29,32-35H,3-4,9-10,15-16,21-22,25,30-31,36-42H2,1-2H3/b7-5-,8-6-,13-11-,14-12-,19-17-,20-18-,24-23-,28-26-,29-27-,34-32-,35-33-. The highest BCUT2D eigenvalue weighted by Gasteiger charge is 2.00. The third-order valence-electron chi connectivity index (χ3n) is 6.53. The molecule has 2 heteroatoms. The average Bonchev–Trinajstić information content (AvgIpc) is 3.05. The molecule has 0 fully saturated rings. The van der Waals surface area contributed by atoms with Gasteiger partial charge in [0.15, 0.2) is 0 Å². The Labute approximate surface area is 278 Å². The molecule has 0 saturated heterocycles. The van der Waals surface area contributed by atoms with E-state index in [-0.39, 0.29) is 5.97 Å². The topological polar surface area (TPSA) is 26.3 Å². The third-order valence-corrected chi connectivity index (χ3v) is 6.53. The minimum absolute atomic E-state index is 0.0730. The van der Waals surface area contributed by atoms with Crippen molar-refractivity contribution < 1.29 is 9.53 Å². The molecule has 0 saturated carbocycles. The van der Waals surface area contributed by atoms with Gasteiger partial charge in [0.25, 0.3) is 0 Å². The van der Waals surface area contributed by atoms with E-state index in [9.17, 15) is 4.79 Å². The van der Waals surface area contributed by atoms with Crippen LogP contribution in [-0.4, -0.2) is 12.6 Å². The fraction of sp³-hybridized carbons (Fsp3) is 0.465. The molecule has 0 atom stereocenters. The van der Waals surface area contributed by atoms with Crippen molar-refractivity contribution in [3.63, 3.8) is 0 Å². The second-order valence-electron chi connectivity index (χ2n) is 10.7. The molecule has 0 aromatic carbocycles. The Hall–Kier alpha value is -3.39. The second-order valence-corrected chi connectivity index (χ2v) is 10.7. The Morgan fingerprint density at radius 3 is 1.00 bits per heavy atom. The number of unbranched alkanes of at least 4 members (excludes halogenated alkanes) is 3. The molecule has 0 heterocycles. The zero-order chi connectivity index (χ0) is 32.6. The van der Waals surface area contributed by atoms with Crippen LogP contribution in [0.15, 0.2) is 134 Å². The van der Waals surface area contributed by atoms with E-state index < -0.39 is 0 Å². The molecule has 0 bridgehead atoms. The van der Waals surface area contributed by atoms with E-state index >= 15 is 0 Å². The van der Waals surface area contributed by atoms with Crippen LogP contribution in [0.3, 0.4) is 0 Å². The van der Waals surface area contributed by atoms with Gasteiger partial charge in [-0.25, -0.2) is 0 Å². The Balaban J connectivity index is 3.55. The van der Waals surface area contributed by atoms with E-state index in [0.29, 0.717) is 13.0 Å². The molecule has 0 radical (unpaired) electrons. The maximum absolute atomic E-state index is 11.9. The molecule has 0 amide bonds. The molecule has 0 aliphatic rings. The number of hydrogen-bond donors (Lipinski definition) is 0. The lowest BCUT2D eigenvalue weighted by Gasteiger charge is -2.03. The molecule has 248 valence electrons. The Morgan fingerprint density at radius 1 is 0.378 bits per heavy atom. The molecule has 0 unspecified atom stereocenters. The highest BCUT2D eigenvalue weighted by Crippen LogP contribution is 2.04. The second kappa shape index (κ2) is 38.6. The largest absolute Gasteiger partial charge is 0.466 e.